The molecule has 3 aromatic carbocycles. The highest BCUT2D eigenvalue weighted by atomic mass is 32.2. The van der Waals surface area contributed by atoms with Crippen molar-refractivity contribution < 1.29 is 23.1 Å². The molecule has 51 heavy (non-hydrogen) atoms. The van der Waals surface area contributed by atoms with Crippen LogP contribution in [0, 0.1) is 0 Å². The summed E-state index contributed by atoms with van der Waals surface area (Å²) < 4.78 is 35.9. The molecule has 0 spiro atoms. The molecule has 2 fully saturated rings. The highest BCUT2D eigenvalue weighted by molar-refractivity contribution is 7.89. The van der Waals surface area contributed by atoms with E-state index in [1.165, 1.54) is 6.33 Å². The molecule has 1 aliphatic carbocycles. The van der Waals surface area contributed by atoms with E-state index >= 15 is 0 Å². The topological polar surface area (TPSA) is 169 Å². The first-order valence-corrected chi connectivity index (χ1v) is 18.6. The van der Waals surface area contributed by atoms with Crippen LogP contribution in [-0.2, 0) is 21.4 Å². The number of hydrogen-bond acceptors (Lipinski definition) is 10. The van der Waals surface area contributed by atoms with E-state index in [1.54, 1.807) is 30.3 Å². The van der Waals surface area contributed by atoms with Crippen molar-refractivity contribution in [2.24, 2.45) is 0 Å². The van der Waals surface area contributed by atoms with Gasteiger partial charge in [-0.3, -0.25) is 9.69 Å². The lowest BCUT2D eigenvalue weighted by Crippen LogP contribution is -2.49. The first kappa shape index (κ1) is 35.9. The number of carbonyl (C=O) groups is 1. The fourth-order valence-electron chi connectivity index (χ4n) is 6.66. The van der Waals surface area contributed by atoms with E-state index in [2.05, 4.69) is 36.2 Å². The van der Waals surface area contributed by atoms with Crippen LogP contribution in [-0.4, -0.2) is 88.3 Å². The monoisotopic (exact) mass is 712 g/mol. The minimum atomic E-state index is -3.58. The number of likely N-dealkylation sites (N-methyl/N-ethyl adjacent to an activating group) is 1. The molecular formula is C37H44N8O5S. The maximum absolute atomic E-state index is 12.5. The normalized spacial score (nSPS) is 18.5. The van der Waals surface area contributed by atoms with E-state index in [4.69, 9.17) is 25.5 Å². The van der Waals surface area contributed by atoms with Gasteiger partial charge in [-0.15, -0.1) is 0 Å². The maximum atomic E-state index is 12.5. The molecule has 7 rings (SSSR count). The van der Waals surface area contributed by atoms with Crippen LogP contribution in [0.3, 0.4) is 0 Å². The zero-order chi connectivity index (χ0) is 36.0. The van der Waals surface area contributed by atoms with Crippen molar-refractivity contribution in [2.45, 2.75) is 56.1 Å². The Balaban J connectivity index is 0.00000107. The van der Waals surface area contributed by atoms with Crippen LogP contribution in [0.25, 0.3) is 22.3 Å². The number of ether oxygens (including phenoxy) is 1. The lowest BCUT2D eigenvalue weighted by atomic mass is 9.90. The van der Waals surface area contributed by atoms with Gasteiger partial charge in [0.2, 0.25) is 10.0 Å². The average Bonchev–Trinajstić information content (AvgIpc) is 3.53. The minimum Gasteiger partial charge on any atom is -0.481 e. The smallest absolute Gasteiger partial charge is 0.300 e. The van der Waals surface area contributed by atoms with Crippen molar-refractivity contribution in [1.29, 1.82) is 0 Å². The molecule has 2 aliphatic rings. The predicted octanol–water partition coefficient (Wildman–Crippen LogP) is 5.17. The quantitative estimate of drug-likeness (QED) is 0.184. The number of aromatic nitrogens is 4. The molecule has 13 nitrogen and oxygen atoms in total. The number of nitrogens with two attached hydrogens (primary N) is 1. The number of nitrogen functional groups attached to an aromatic ring is 1. The second kappa shape index (κ2) is 16.0. The third kappa shape index (κ3) is 8.89. The molecule has 0 radical (unpaired) electrons. The number of piperazine rings is 1. The van der Waals surface area contributed by atoms with E-state index < -0.39 is 16.0 Å². The molecule has 4 N–H and O–H groups in total. The molecule has 0 bridgehead atoms. The maximum Gasteiger partial charge on any atom is 0.300 e. The molecule has 3 heterocycles. The van der Waals surface area contributed by atoms with Gasteiger partial charge in [-0.2, -0.15) is 5.10 Å². The summed E-state index contributed by atoms with van der Waals surface area (Å²) in [5.41, 5.74) is 9.69. The van der Waals surface area contributed by atoms with E-state index in [9.17, 15) is 8.42 Å². The third-order valence-electron chi connectivity index (χ3n) is 9.39. The van der Waals surface area contributed by atoms with Crippen LogP contribution < -0.4 is 15.2 Å². The molecule has 5 aromatic rings. The van der Waals surface area contributed by atoms with Crippen molar-refractivity contribution in [3.63, 3.8) is 0 Å². The Morgan fingerprint density at radius 1 is 0.882 bits per heavy atom. The van der Waals surface area contributed by atoms with Gasteiger partial charge in [-0.1, -0.05) is 30.3 Å². The Labute approximate surface area is 298 Å². The lowest BCUT2D eigenvalue weighted by molar-refractivity contribution is -0.134. The van der Waals surface area contributed by atoms with Crippen molar-refractivity contribution in [1.82, 2.24) is 34.3 Å². The molecule has 268 valence electrons. The van der Waals surface area contributed by atoms with Crippen molar-refractivity contribution in [3.8, 4) is 22.8 Å². The second-order valence-corrected chi connectivity index (χ2v) is 14.7. The van der Waals surface area contributed by atoms with Crippen molar-refractivity contribution >= 4 is 32.8 Å². The first-order valence-electron chi connectivity index (χ1n) is 17.1. The zero-order valence-corrected chi connectivity index (χ0v) is 29.7. The van der Waals surface area contributed by atoms with Gasteiger partial charge in [0, 0.05) is 51.3 Å². The largest absolute Gasteiger partial charge is 0.481 e. The number of benzene rings is 3. The summed E-state index contributed by atoms with van der Waals surface area (Å²) in [6.07, 6.45) is 5.95. The van der Waals surface area contributed by atoms with Gasteiger partial charge in [-0.05, 0) is 86.8 Å². The zero-order valence-electron chi connectivity index (χ0n) is 28.9. The Bertz CT molecular complexity index is 2020. The van der Waals surface area contributed by atoms with Crippen LogP contribution in [0.4, 0.5) is 5.82 Å². The van der Waals surface area contributed by atoms with Gasteiger partial charge in [-0.25, -0.2) is 27.8 Å². The first-order chi connectivity index (χ1) is 24.6. The van der Waals surface area contributed by atoms with Crippen molar-refractivity contribution in [2.75, 3.05) is 39.0 Å². The van der Waals surface area contributed by atoms with E-state index in [0.717, 1.165) is 86.6 Å². The number of nitrogens with one attached hydrogen (secondary N) is 1. The summed E-state index contributed by atoms with van der Waals surface area (Å²) >= 11 is 0. The Kier molecular flexibility index (Phi) is 11.3. The summed E-state index contributed by atoms with van der Waals surface area (Å²) in [4.78, 5) is 23.2. The number of sulfonamides is 1. The number of anilines is 1. The molecule has 2 aromatic heterocycles. The number of rotatable bonds is 9. The molecule has 1 saturated heterocycles. The Hall–Kier alpha value is -4.89. The second-order valence-electron chi connectivity index (χ2n) is 13.0. The number of nitrogens with zero attached hydrogens (tertiary/aromatic N) is 6. The summed E-state index contributed by atoms with van der Waals surface area (Å²) in [7, 11) is -1.38. The number of fused-ring (bicyclic) bond motifs is 1. The fourth-order valence-corrected chi connectivity index (χ4v) is 7.70. The molecule has 0 unspecified atom stereocenters. The lowest BCUT2D eigenvalue weighted by Gasteiger charge is -2.41. The van der Waals surface area contributed by atoms with Crippen molar-refractivity contribution in [3.05, 3.63) is 90.8 Å². The van der Waals surface area contributed by atoms with Gasteiger partial charge in [0.1, 0.15) is 29.3 Å². The average molecular weight is 713 g/mol. The van der Waals surface area contributed by atoms with Crippen LogP contribution in [0.15, 0.2) is 90.1 Å². The van der Waals surface area contributed by atoms with E-state index in [0.29, 0.717) is 23.4 Å². The molecule has 0 atom stereocenters. The van der Waals surface area contributed by atoms with E-state index in [-0.39, 0.29) is 17.5 Å². The Morgan fingerprint density at radius 2 is 1.47 bits per heavy atom. The highest BCUT2D eigenvalue weighted by Gasteiger charge is 2.30. The van der Waals surface area contributed by atoms with Gasteiger partial charge < -0.3 is 20.5 Å². The number of carboxylic acids is 1. The summed E-state index contributed by atoms with van der Waals surface area (Å²) in [6, 6.07) is 24.3. The molecule has 1 saturated carbocycles. The third-order valence-corrected chi connectivity index (χ3v) is 10.8. The minimum absolute atomic E-state index is 0.178. The number of hydrogen-bond donors (Lipinski definition) is 3. The highest BCUT2D eigenvalue weighted by Crippen LogP contribution is 2.37. The predicted molar refractivity (Wildman–Crippen MR) is 196 cm³/mol. The summed E-state index contributed by atoms with van der Waals surface area (Å²) in [5, 5.41) is 13.3. The molecular weight excluding hydrogens is 669 g/mol. The Morgan fingerprint density at radius 3 is 2.10 bits per heavy atom. The fraction of sp³-hybridized carbons (Fsp3) is 0.351. The van der Waals surface area contributed by atoms with Crippen LogP contribution in [0.5, 0.6) is 11.5 Å². The summed E-state index contributed by atoms with van der Waals surface area (Å²) in [6.45, 7) is 5.84. The van der Waals surface area contributed by atoms with E-state index in [1.807, 2.05) is 48.5 Å². The van der Waals surface area contributed by atoms with Gasteiger partial charge in [0.15, 0.2) is 5.65 Å². The standard InChI is InChI=1S/C35H40N8O3S.C2H4O2/c1-41-19-21-42(22-20-41)27-11-13-28(14-12-27)43-35-32(34(36)37-24-38-35)33(40-43)26-9-17-30(18-10-26)46-29-15-7-25(8-16-29)23-39-47(44,45)31-5-3-2-4-6-31;1-2(3)4/h2-10,15-18,24,27-28,39H,11-14,19-23H2,1H3,(H2,36,37,38);1H3,(H,3,4)/t27-,28+;. The van der Waals surface area contributed by atoms with Gasteiger partial charge in [0.25, 0.3) is 5.97 Å². The molecule has 14 heteroatoms. The van der Waals surface area contributed by atoms with Gasteiger partial charge in [0.05, 0.1) is 16.3 Å². The van der Waals surface area contributed by atoms with Crippen LogP contribution >= 0.6 is 0 Å². The molecule has 1 aliphatic heterocycles. The van der Waals surface area contributed by atoms with Crippen LogP contribution in [0.2, 0.25) is 0 Å². The SMILES string of the molecule is CC(=O)O.CN1CCN([C@H]2CC[C@@H](n3nc(-c4ccc(Oc5ccc(CNS(=O)(=O)c6ccccc6)cc5)cc4)c4c(N)ncnc43)CC2)CC1. The van der Waals surface area contributed by atoms with Gasteiger partial charge >= 0.3 is 0 Å². The number of aliphatic carboxylic acids is 1. The summed E-state index contributed by atoms with van der Waals surface area (Å²) in [5.74, 6) is 0.905. The number of carboxylic acid groups (broad SMARTS) is 1. The molecule has 0 amide bonds. The van der Waals surface area contributed by atoms with Crippen LogP contribution in [0.1, 0.15) is 44.2 Å².